The fraction of sp³-hybridized carbons (Fsp3) is 0.500. The smallest absolute Gasteiger partial charge is 0.405 e. The van der Waals surface area contributed by atoms with Crippen LogP contribution in [0.1, 0.15) is 31.7 Å². The molecule has 0 bridgehead atoms. The van der Waals surface area contributed by atoms with E-state index < -0.39 is 17.3 Å². The molecule has 2 N–H and O–H groups in total. The maximum Gasteiger partial charge on any atom is 0.573 e. The topological polar surface area (TPSA) is 52.3 Å². The van der Waals surface area contributed by atoms with Crippen molar-refractivity contribution in [1.29, 1.82) is 0 Å². The average Bonchev–Trinajstić information content (AvgIpc) is 2.27. The molecule has 0 aliphatic heterocycles. The van der Waals surface area contributed by atoms with Gasteiger partial charge in [-0.2, -0.15) is 0 Å². The van der Waals surface area contributed by atoms with Gasteiger partial charge in [-0.1, -0.05) is 25.1 Å². The number of ether oxygens (including phenoxy) is 1. The largest absolute Gasteiger partial charge is 0.573 e. The van der Waals surface area contributed by atoms with Gasteiger partial charge in [0, 0.05) is 5.25 Å². The normalized spacial score (nSPS) is 16.7. The van der Waals surface area contributed by atoms with Crippen LogP contribution < -0.4 is 9.88 Å². The molecule has 19 heavy (non-hydrogen) atoms. The van der Waals surface area contributed by atoms with Crippen LogP contribution >= 0.6 is 0 Å². The van der Waals surface area contributed by atoms with Crippen LogP contribution in [0.4, 0.5) is 13.2 Å². The monoisotopic (exact) mass is 295 g/mol. The molecule has 0 fully saturated rings. The lowest BCUT2D eigenvalue weighted by Gasteiger charge is -2.19. The predicted molar refractivity (Wildman–Crippen MR) is 67.9 cm³/mol. The summed E-state index contributed by atoms with van der Waals surface area (Å²) in [6.07, 6.45) is -4.31. The molecule has 0 amide bonds. The first-order valence-electron chi connectivity index (χ1n) is 5.70. The number of nitrogens with two attached hydrogens (primary N) is 1. The van der Waals surface area contributed by atoms with E-state index in [2.05, 4.69) is 4.74 Å². The SMILES string of the molecule is CC(C[C@@H](C)c1ccccc1OC(F)(F)F)S(N)=O. The summed E-state index contributed by atoms with van der Waals surface area (Å²) in [4.78, 5) is 0. The lowest BCUT2D eigenvalue weighted by Crippen LogP contribution is -2.21. The number of hydrogen-bond acceptors (Lipinski definition) is 2. The van der Waals surface area contributed by atoms with Crippen LogP contribution in [0, 0.1) is 0 Å². The minimum atomic E-state index is -4.72. The Bertz CT molecular complexity index is 451. The Kier molecular flexibility index (Phi) is 5.37. The second-order valence-corrected chi connectivity index (χ2v) is 5.82. The highest BCUT2D eigenvalue weighted by molar-refractivity contribution is 7.83. The van der Waals surface area contributed by atoms with Gasteiger partial charge in [-0.05, 0) is 30.9 Å². The van der Waals surface area contributed by atoms with E-state index in [0.717, 1.165) is 0 Å². The summed E-state index contributed by atoms with van der Waals surface area (Å²) in [7, 11) is -1.49. The van der Waals surface area contributed by atoms with Crippen molar-refractivity contribution in [1.82, 2.24) is 0 Å². The van der Waals surface area contributed by atoms with E-state index in [1.165, 1.54) is 12.1 Å². The van der Waals surface area contributed by atoms with Crippen molar-refractivity contribution >= 4 is 11.0 Å². The van der Waals surface area contributed by atoms with Crippen LogP contribution in [0.5, 0.6) is 5.75 Å². The molecular formula is C12H16F3NO2S. The van der Waals surface area contributed by atoms with Crippen LogP contribution in [0.2, 0.25) is 0 Å². The maximum atomic E-state index is 12.3. The summed E-state index contributed by atoms with van der Waals surface area (Å²) < 4.78 is 51.9. The van der Waals surface area contributed by atoms with E-state index >= 15 is 0 Å². The summed E-state index contributed by atoms with van der Waals surface area (Å²) in [6, 6.07) is 5.95. The van der Waals surface area contributed by atoms with Gasteiger partial charge in [0.2, 0.25) is 0 Å². The molecule has 1 aromatic carbocycles. The van der Waals surface area contributed by atoms with E-state index in [0.29, 0.717) is 12.0 Å². The molecule has 0 saturated carbocycles. The van der Waals surface area contributed by atoms with Crippen molar-refractivity contribution in [2.24, 2.45) is 5.14 Å². The second-order valence-electron chi connectivity index (χ2n) is 4.36. The molecule has 0 aliphatic carbocycles. The Labute approximate surface area is 112 Å². The minimum Gasteiger partial charge on any atom is -0.405 e. The molecule has 3 atom stereocenters. The van der Waals surface area contributed by atoms with Crippen molar-refractivity contribution in [2.75, 3.05) is 0 Å². The lowest BCUT2D eigenvalue weighted by atomic mass is 9.95. The van der Waals surface area contributed by atoms with Crippen molar-refractivity contribution in [3.63, 3.8) is 0 Å². The summed E-state index contributed by atoms with van der Waals surface area (Å²) in [6.45, 7) is 3.45. The summed E-state index contributed by atoms with van der Waals surface area (Å²) >= 11 is 0. The van der Waals surface area contributed by atoms with E-state index in [1.807, 2.05) is 0 Å². The molecule has 3 nitrogen and oxygen atoms in total. The molecule has 2 unspecified atom stereocenters. The molecule has 0 aliphatic rings. The number of para-hydroxylation sites is 1. The van der Waals surface area contributed by atoms with Crippen LogP contribution in [0.15, 0.2) is 24.3 Å². The molecule has 0 saturated heterocycles. The Morgan fingerprint density at radius 3 is 2.42 bits per heavy atom. The Morgan fingerprint density at radius 1 is 1.32 bits per heavy atom. The first-order valence-corrected chi connectivity index (χ1v) is 6.98. The van der Waals surface area contributed by atoms with Gasteiger partial charge >= 0.3 is 6.36 Å². The van der Waals surface area contributed by atoms with Gasteiger partial charge in [0.25, 0.3) is 0 Å². The second kappa shape index (κ2) is 6.38. The van der Waals surface area contributed by atoms with E-state index in [4.69, 9.17) is 5.14 Å². The van der Waals surface area contributed by atoms with Gasteiger partial charge in [0.1, 0.15) is 5.75 Å². The number of halogens is 3. The van der Waals surface area contributed by atoms with Gasteiger partial charge in [-0.15, -0.1) is 13.2 Å². The molecule has 0 heterocycles. The van der Waals surface area contributed by atoms with Gasteiger partial charge < -0.3 is 4.74 Å². The van der Waals surface area contributed by atoms with Crippen molar-refractivity contribution < 1.29 is 22.1 Å². The predicted octanol–water partition coefficient (Wildman–Crippen LogP) is 3.09. The zero-order valence-corrected chi connectivity index (χ0v) is 11.4. The van der Waals surface area contributed by atoms with Gasteiger partial charge in [-0.25, -0.2) is 4.21 Å². The van der Waals surface area contributed by atoms with Crippen molar-refractivity contribution in [2.45, 2.75) is 37.8 Å². The first-order chi connectivity index (χ1) is 8.70. The molecule has 0 radical (unpaired) electrons. The standard InChI is InChI=1S/C12H16F3NO2S/c1-8(7-9(2)19(16)17)10-5-3-4-6-11(10)18-12(13,14)15/h3-6,8-9H,7,16H2,1-2H3/t8-,9?,19?/m1/s1. The fourth-order valence-electron chi connectivity index (χ4n) is 1.82. The molecule has 108 valence electrons. The number of benzene rings is 1. The Hall–Kier alpha value is -1.08. The molecule has 1 rings (SSSR count). The van der Waals surface area contributed by atoms with Crippen LogP contribution in [-0.4, -0.2) is 15.8 Å². The Morgan fingerprint density at radius 2 is 1.89 bits per heavy atom. The third-order valence-electron chi connectivity index (χ3n) is 2.76. The van der Waals surface area contributed by atoms with Crippen molar-refractivity contribution in [3.8, 4) is 5.75 Å². The van der Waals surface area contributed by atoms with Gasteiger partial charge in [0.05, 0.1) is 11.0 Å². The summed E-state index contributed by atoms with van der Waals surface area (Å²) in [5.74, 6) is -0.460. The van der Waals surface area contributed by atoms with Crippen molar-refractivity contribution in [3.05, 3.63) is 29.8 Å². The lowest BCUT2D eigenvalue weighted by molar-refractivity contribution is -0.275. The van der Waals surface area contributed by atoms with E-state index in [1.54, 1.807) is 26.0 Å². The quantitative estimate of drug-likeness (QED) is 0.907. The highest BCUT2D eigenvalue weighted by Crippen LogP contribution is 2.33. The number of hydrogen-bond donors (Lipinski definition) is 1. The summed E-state index contributed by atoms with van der Waals surface area (Å²) in [5.41, 5.74) is 0.428. The first kappa shape index (κ1) is 16.0. The Balaban J connectivity index is 2.90. The zero-order valence-electron chi connectivity index (χ0n) is 10.6. The van der Waals surface area contributed by atoms with Gasteiger partial charge in [-0.3, -0.25) is 5.14 Å². The van der Waals surface area contributed by atoms with Gasteiger partial charge in [0.15, 0.2) is 0 Å². The zero-order chi connectivity index (χ0) is 14.6. The molecular weight excluding hydrogens is 279 g/mol. The third-order valence-corrected chi connectivity index (χ3v) is 3.74. The molecule has 0 spiro atoms. The number of rotatable bonds is 5. The highest BCUT2D eigenvalue weighted by atomic mass is 32.2. The van der Waals surface area contributed by atoms with E-state index in [-0.39, 0.29) is 16.9 Å². The number of alkyl halides is 3. The minimum absolute atomic E-state index is 0.225. The van der Waals surface area contributed by atoms with Crippen LogP contribution in [-0.2, 0) is 11.0 Å². The maximum absolute atomic E-state index is 12.3. The average molecular weight is 295 g/mol. The fourth-order valence-corrected chi connectivity index (χ4v) is 2.30. The highest BCUT2D eigenvalue weighted by Gasteiger charge is 2.32. The molecule has 7 heteroatoms. The molecule has 1 aromatic rings. The molecule has 0 aromatic heterocycles. The van der Waals surface area contributed by atoms with Crippen LogP contribution in [0.25, 0.3) is 0 Å². The van der Waals surface area contributed by atoms with Crippen LogP contribution in [0.3, 0.4) is 0 Å². The summed E-state index contributed by atoms with van der Waals surface area (Å²) in [5, 5.41) is 4.97. The van der Waals surface area contributed by atoms with E-state index in [9.17, 15) is 17.4 Å². The third kappa shape index (κ3) is 5.20.